The molecule has 4 nitrogen and oxygen atoms in total. The maximum absolute atomic E-state index is 6.02. The number of nitrogens with one attached hydrogen (secondary N) is 1. The van der Waals surface area contributed by atoms with Gasteiger partial charge in [0.25, 0.3) is 0 Å². The number of nitrogens with zero attached hydrogens (tertiary/aromatic N) is 1. The SMILES string of the molecule is COc1ccccc1CN=C(N)N[C@@H]1C[C@H]1c1ccccc1Br.I. The molecule has 3 N–H and O–H groups in total. The average molecular weight is 502 g/mol. The quantitative estimate of drug-likeness (QED) is 0.369. The van der Waals surface area contributed by atoms with Crippen LogP contribution in [0.5, 0.6) is 5.75 Å². The van der Waals surface area contributed by atoms with Crippen LogP contribution in [0.25, 0.3) is 0 Å². The third kappa shape index (κ3) is 4.63. The number of guanidine groups is 1. The molecule has 0 aromatic heterocycles. The lowest BCUT2D eigenvalue weighted by molar-refractivity contribution is 0.410. The number of halogens is 2. The van der Waals surface area contributed by atoms with E-state index < -0.39 is 0 Å². The Morgan fingerprint density at radius 3 is 2.71 bits per heavy atom. The summed E-state index contributed by atoms with van der Waals surface area (Å²) in [5.74, 6) is 1.81. The molecule has 1 aliphatic rings. The minimum absolute atomic E-state index is 0. The smallest absolute Gasteiger partial charge is 0.189 e. The van der Waals surface area contributed by atoms with E-state index in [0.29, 0.717) is 24.5 Å². The van der Waals surface area contributed by atoms with Crippen molar-refractivity contribution < 1.29 is 4.74 Å². The lowest BCUT2D eigenvalue weighted by Gasteiger charge is -2.08. The molecule has 0 amide bonds. The van der Waals surface area contributed by atoms with Crippen molar-refractivity contribution in [2.75, 3.05) is 7.11 Å². The monoisotopic (exact) mass is 501 g/mol. The van der Waals surface area contributed by atoms with Gasteiger partial charge in [-0.05, 0) is 24.1 Å². The summed E-state index contributed by atoms with van der Waals surface area (Å²) < 4.78 is 6.48. The van der Waals surface area contributed by atoms with Crippen LogP contribution in [0, 0.1) is 0 Å². The van der Waals surface area contributed by atoms with Crippen LogP contribution in [0.4, 0.5) is 0 Å². The molecule has 1 aliphatic carbocycles. The molecule has 1 fully saturated rings. The molecule has 0 unspecified atom stereocenters. The van der Waals surface area contributed by atoms with Gasteiger partial charge in [0, 0.05) is 22.0 Å². The number of methoxy groups -OCH3 is 1. The van der Waals surface area contributed by atoms with E-state index >= 15 is 0 Å². The number of benzene rings is 2. The summed E-state index contributed by atoms with van der Waals surface area (Å²) >= 11 is 3.60. The van der Waals surface area contributed by atoms with E-state index in [-0.39, 0.29) is 24.0 Å². The minimum Gasteiger partial charge on any atom is -0.496 e. The van der Waals surface area contributed by atoms with E-state index in [1.54, 1.807) is 7.11 Å². The molecule has 0 heterocycles. The lowest BCUT2D eigenvalue weighted by atomic mass is 10.1. The Balaban J connectivity index is 0.00000208. The number of aliphatic imine (C=N–C) groups is 1. The summed E-state index contributed by atoms with van der Waals surface area (Å²) in [7, 11) is 1.66. The molecular weight excluding hydrogens is 481 g/mol. The number of hydrogen-bond acceptors (Lipinski definition) is 2. The maximum atomic E-state index is 6.02. The first-order valence-electron chi connectivity index (χ1n) is 7.62. The van der Waals surface area contributed by atoms with Gasteiger partial charge in [-0.3, -0.25) is 0 Å². The van der Waals surface area contributed by atoms with Crippen LogP contribution >= 0.6 is 39.9 Å². The van der Waals surface area contributed by atoms with Crippen LogP contribution < -0.4 is 15.8 Å². The number of para-hydroxylation sites is 1. The van der Waals surface area contributed by atoms with E-state index in [9.17, 15) is 0 Å². The van der Waals surface area contributed by atoms with Gasteiger partial charge >= 0.3 is 0 Å². The zero-order valence-corrected chi connectivity index (χ0v) is 17.3. The third-order valence-electron chi connectivity index (χ3n) is 4.04. The molecule has 24 heavy (non-hydrogen) atoms. The Labute approximate surface area is 168 Å². The number of nitrogens with two attached hydrogens (primary N) is 1. The van der Waals surface area contributed by atoms with Gasteiger partial charge in [0.15, 0.2) is 5.96 Å². The van der Waals surface area contributed by atoms with Crippen molar-refractivity contribution in [1.82, 2.24) is 5.32 Å². The standard InChI is InChI=1S/C18H20BrN3O.HI/c1-23-17-9-5-2-6-12(17)11-21-18(20)22-16-10-14(16)13-7-3-4-8-15(13)19;/h2-9,14,16H,10-11H2,1H3,(H3,20,21,22);1H/t14-,16+;/m0./s1. The molecule has 0 bridgehead atoms. The molecule has 128 valence electrons. The first kappa shape index (κ1) is 19.1. The van der Waals surface area contributed by atoms with Crippen LogP contribution in [0.2, 0.25) is 0 Å². The Hall–Kier alpha value is -1.28. The Kier molecular flexibility index (Phi) is 6.91. The van der Waals surface area contributed by atoms with Crippen molar-refractivity contribution in [2.45, 2.75) is 24.9 Å². The Bertz CT molecular complexity index is 723. The van der Waals surface area contributed by atoms with Gasteiger partial charge in [0.1, 0.15) is 5.75 Å². The first-order chi connectivity index (χ1) is 11.2. The Morgan fingerprint density at radius 1 is 1.25 bits per heavy atom. The number of hydrogen-bond donors (Lipinski definition) is 2. The molecule has 0 spiro atoms. The summed E-state index contributed by atoms with van der Waals surface area (Å²) in [5.41, 5.74) is 8.37. The zero-order valence-electron chi connectivity index (χ0n) is 13.4. The van der Waals surface area contributed by atoms with Gasteiger partial charge in [-0.15, -0.1) is 24.0 Å². The molecule has 1 saturated carbocycles. The van der Waals surface area contributed by atoms with Gasteiger partial charge in [-0.1, -0.05) is 52.3 Å². The van der Waals surface area contributed by atoms with Crippen LogP contribution in [0.3, 0.4) is 0 Å². The fraction of sp³-hybridized carbons (Fsp3) is 0.278. The molecule has 0 aliphatic heterocycles. The average Bonchev–Trinajstić information content (AvgIpc) is 3.32. The summed E-state index contributed by atoms with van der Waals surface area (Å²) in [4.78, 5) is 4.43. The second-order valence-electron chi connectivity index (χ2n) is 5.63. The molecule has 2 aromatic carbocycles. The summed E-state index contributed by atoms with van der Waals surface area (Å²) in [6.07, 6.45) is 1.08. The van der Waals surface area contributed by atoms with Gasteiger partial charge < -0.3 is 15.8 Å². The van der Waals surface area contributed by atoms with Gasteiger partial charge in [-0.2, -0.15) is 0 Å². The van der Waals surface area contributed by atoms with Crippen molar-refractivity contribution >= 4 is 45.9 Å². The highest BCUT2D eigenvalue weighted by molar-refractivity contribution is 14.0. The lowest BCUT2D eigenvalue weighted by Crippen LogP contribution is -2.34. The van der Waals surface area contributed by atoms with Crippen molar-refractivity contribution in [3.8, 4) is 5.75 Å². The number of rotatable bonds is 5. The largest absolute Gasteiger partial charge is 0.496 e. The second kappa shape index (κ2) is 8.71. The van der Waals surface area contributed by atoms with Crippen LogP contribution in [-0.4, -0.2) is 19.1 Å². The first-order valence-corrected chi connectivity index (χ1v) is 8.41. The molecular formula is C18H21BrIN3O. The molecule has 2 aromatic rings. The number of ether oxygens (including phenoxy) is 1. The molecule has 0 radical (unpaired) electrons. The van der Waals surface area contributed by atoms with Crippen molar-refractivity contribution in [2.24, 2.45) is 10.7 Å². The normalized spacial score (nSPS) is 19.3. The highest BCUT2D eigenvalue weighted by Gasteiger charge is 2.39. The van der Waals surface area contributed by atoms with Crippen LogP contribution in [-0.2, 0) is 6.54 Å². The second-order valence-corrected chi connectivity index (χ2v) is 6.48. The Morgan fingerprint density at radius 2 is 1.96 bits per heavy atom. The topological polar surface area (TPSA) is 59.6 Å². The van der Waals surface area contributed by atoms with Gasteiger partial charge in [-0.25, -0.2) is 4.99 Å². The van der Waals surface area contributed by atoms with E-state index in [1.807, 2.05) is 30.3 Å². The minimum atomic E-state index is 0. The van der Waals surface area contributed by atoms with E-state index in [1.165, 1.54) is 5.56 Å². The molecule has 6 heteroatoms. The fourth-order valence-electron chi connectivity index (χ4n) is 2.71. The third-order valence-corrected chi connectivity index (χ3v) is 4.76. The summed E-state index contributed by atoms with van der Waals surface area (Å²) in [6, 6.07) is 16.5. The summed E-state index contributed by atoms with van der Waals surface area (Å²) in [6.45, 7) is 0.509. The van der Waals surface area contributed by atoms with Crippen LogP contribution in [0.15, 0.2) is 58.0 Å². The highest BCUT2D eigenvalue weighted by Crippen LogP contribution is 2.43. The van der Waals surface area contributed by atoms with E-state index in [0.717, 1.165) is 22.2 Å². The molecule has 2 atom stereocenters. The predicted octanol–water partition coefficient (Wildman–Crippen LogP) is 4.04. The van der Waals surface area contributed by atoms with E-state index in [4.69, 9.17) is 10.5 Å². The highest BCUT2D eigenvalue weighted by atomic mass is 127. The molecule has 3 rings (SSSR count). The van der Waals surface area contributed by atoms with Crippen molar-refractivity contribution in [3.63, 3.8) is 0 Å². The zero-order chi connectivity index (χ0) is 16.2. The van der Waals surface area contributed by atoms with Crippen molar-refractivity contribution in [1.29, 1.82) is 0 Å². The van der Waals surface area contributed by atoms with Gasteiger partial charge in [0.05, 0.1) is 13.7 Å². The van der Waals surface area contributed by atoms with E-state index in [2.05, 4.69) is 44.4 Å². The molecule has 0 saturated heterocycles. The fourth-order valence-corrected chi connectivity index (χ4v) is 3.29. The van der Waals surface area contributed by atoms with Crippen LogP contribution in [0.1, 0.15) is 23.5 Å². The maximum Gasteiger partial charge on any atom is 0.189 e. The van der Waals surface area contributed by atoms with Crippen molar-refractivity contribution in [3.05, 3.63) is 64.1 Å². The van der Waals surface area contributed by atoms with Gasteiger partial charge in [0.2, 0.25) is 0 Å². The predicted molar refractivity (Wildman–Crippen MR) is 112 cm³/mol. The summed E-state index contributed by atoms with van der Waals surface area (Å²) in [5, 5.41) is 3.30.